The van der Waals surface area contributed by atoms with Crippen molar-refractivity contribution < 1.29 is 9.68 Å². The second-order valence-corrected chi connectivity index (χ2v) is 2.94. The molecule has 2 nitrogen and oxygen atoms in total. The molecule has 0 atom stereocenters. The Labute approximate surface area is 69.9 Å². The summed E-state index contributed by atoms with van der Waals surface area (Å²) in [7, 11) is -0.762. The minimum atomic E-state index is -0.762. The van der Waals surface area contributed by atoms with E-state index in [-0.39, 0.29) is 0 Å². The Kier molecular flexibility index (Phi) is 1.64. The lowest BCUT2D eigenvalue weighted by Crippen LogP contribution is -2.27. The normalized spacial score (nSPS) is 15.3. The summed E-state index contributed by atoms with van der Waals surface area (Å²) in [4.78, 5) is 0. The van der Waals surface area contributed by atoms with Gasteiger partial charge in [-0.2, -0.15) is 0 Å². The van der Waals surface area contributed by atoms with E-state index in [9.17, 15) is 5.02 Å². The quantitative estimate of drug-likeness (QED) is 0.574. The Morgan fingerprint density at radius 3 is 3.18 bits per heavy atom. The van der Waals surface area contributed by atoms with Crippen LogP contribution >= 0.6 is 11.6 Å². The molecule has 0 saturated heterocycles. The molecule has 4 heteroatoms. The molecule has 1 N–H and O–H groups in total. The minimum Gasteiger partial charge on any atom is -0.423 e. The lowest BCUT2D eigenvalue weighted by Gasteiger charge is -1.96. The van der Waals surface area contributed by atoms with Crippen molar-refractivity contribution in [2.24, 2.45) is 0 Å². The summed E-state index contributed by atoms with van der Waals surface area (Å²) in [6.45, 7) is 0.455. The molecule has 0 unspecified atom stereocenters. The molecule has 0 spiro atoms. The maximum atomic E-state index is 9.21. The Balaban J connectivity index is 2.50. The summed E-state index contributed by atoms with van der Waals surface area (Å²) in [6, 6.07) is 5.35. The monoisotopic (exact) mass is 168 g/mol. The van der Waals surface area contributed by atoms with Crippen molar-refractivity contribution in [2.45, 2.75) is 6.61 Å². The van der Waals surface area contributed by atoms with Gasteiger partial charge in [-0.25, -0.2) is 0 Å². The third-order valence-electron chi connectivity index (χ3n) is 1.77. The van der Waals surface area contributed by atoms with E-state index < -0.39 is 7.12 Å². The van der Waals surface area contributed by atoms with Gasteiger partial charge in [0.15, 0.2) is 0 Å². The molecule has 0 bridgehead atoms. The Morgan fingerprint density at radius 1 is 1.55 bits per heavy atom. The molecule has 1 aromatic rings. The average molecular weight is 168 g/mol. The molecule has 56 valence electrons. The van der Waals surface area contributed by atoms with Gasteiger partial charge in [0.2, 0.25) is 0 Å². The number of halogens is 1. The number of fused-ring (bicyclic) bond motifs is 1. The predicted octanol–water partition coefficient (Wildman–Crippen LogP) is 0.558. The molecule has 0 saturated carbocycles. The van der Waals surface area contributed by atoms with Crippen LogP contribution in [0.1, 0.15) is 5.56 Å². The average Bonchev–Trinajstić information content (AvgIpc) is 2.32. The second-order valence-electron chi connectivity index (χ2n) is 2.51. The Bertz CT molecular complexity index is 290. The van der Waals surface area contributed by atoms with E-state index in [2.05, 4.69) is 0 Å². The lowest BCUT2D eigenvalue weighted by molar-refractivity contribution is 0.275. The highest BCUT2D eigenvalue weighted by atomic mass is 35.5. The van der Waals surface area contributed by atoms with Crippen molar-refractivity contribution in [1.82, 2.24) is 0 Å². The molecule has 1 aromatic carbocycles. The van der Waals surface area contributed by atoms with Crippen LogP contribution in [0.3, 0.4) is 0 Å². The largest absolute Gasteiger partial charge is 0.491 e. The van der Waals surface area contributed by atoms with Crippen molar-refractivity contribution in [2.75, 3.05) is 0 Å². The maximum Gasteiger partial charge on any atom is 0.491 e. The van der Waals surface area contributed by atoms with Crippen LogP contribution in [0, 0.1) is 0 Å². The fraction of sp³-hybridized carbons (Fsp3) is 0.143. The lowest BCUT2D eigenvalue weighted by atomic mass is 9.80. The fourth-order valence-corrected chi connectivity index (χ4v) is 1.39. The molecule has 0 amide bonds. The summed E-state index contributed by atoms with van der Waals surface area (Å²) >= 11 is 5.73. The predicted molar refractivity (Wildman–Crippen MR) is 43.8 cm³/mol. The minimum absolute atomic E-state index is 0.455. The van der Waals surface area contributed by atoms with Gasteiger partial charge in [-0.15, -0.1) is 0 Å². The fourth-order valence-electron chi connectivity index (χ4n) is 1.20. The first-order chi connectivity index (χ1) is 5.27. The van der Waals surface area contributed by atoms with Gasteiger partial charge in [-0.1, -0.05) is 17.7 Å². The van der Waals surface area contributed by atoms with Crippen LogP contribution in [0.4, 0.5) is 0 Å². The first-order valence-corrected chi connectivity index (χ1v) is 3.73. The van der Waals surface area contributed by atoms with E-state index in [1.165, 1.54) is 0 Å². The third-order valence-corrected chi connectivity index (χ3v) is 2.00. The highest BCUT2D eigenvalue weighted by Gasteiger charge is 2.26. The van der Waals surface area contributed by atoms with Crippen LogP contribution in [0.2, 0.25) is 5.02 Å². The van der Waals surface area contributed by atoms with Crippen molar-refractivity contribution in [1.29, 1.82) is 0 Å². The molecule has 1 aliphatic heterocycles. The Morgan fingerprint density at radius 2 is 2.36 bits per heavy atom. The van der Waals surface area contributed by atoms with E-state index in [0.717, 1.165) is 11.0 Å². The summed E-state index contributed by atoms with van der Waals surface area (Å²) in [6.07, 6.45) is 0. The standard InChI is InChI=1S/C7H6BClO2/c9-6-1-2-7-5(3-6)4-11-8(7)10/h1-3,10H,4H2. The van der Waals surface area contributed by atoms with Gasteiger partial charge < -0.3 is 9.68 Å². The maximum absolute atomic E-state index is 9.21. The third kappa shape index (κ3) is 1.15. The van der Waals surface area contributed by atoms with Gasteiger partial charge in [0.05, 0.1) is 6.61 Å². The van der Waals surface area contributed by atoms with Gasteiger partial charge in [0.1, 0.15) is 0 Å². The zero-order valence-corrected chi connectivity index (χ0v) is 6.51. The van der Waals surface area contributed by atoms with Crippen molar-refractivity contribution >= 4 is 24.2 Å². The summed E-state index contributed by atoms with van der Waals surface area (Å²) < 4.78 is 4.98. The zero-order chi connectivity index (χ0) is 7.84. The summed E-state index contributed by atoms with van der Waals surface area (Å²) in [5.41, 5.74) is 1.81. The van der Waals surface area contributed by atoms with E-state index in [0.29, 0.717) is 11.6 Å². The SMILES string of the molecule is OB1OCc2cc(Cl)ccc21. The highest BCUT2D eigenvalue weighted by Crippen LogP contribution is 2.14. The molecule has 0 aromatic heterocycles. The van der Waals surface area contributed by atoms with Gasteiger partial charge in [0, 0.05) is 5.02 Å². The molecule has 11 heavy (non-hydrogen) atoms. The molecular weight excluding hydrogens is 162 g/mol. The number of hydrogen-bond acceptors (Lipinski definition) is 2. The molecule has 2 rings (SSSR count). The highest BCUT2D eigenvalue weighted by molar-refractivity contribution is 6.61. The topological polar surface area (TPSA) is 29.5 Å². The molecule has 1 aliphatic rings. The van der Waals surface area contributed by atoms with E-state index in [1.54, 1.807) is 12.1 Å². The number of hydrogen-bond donors (Lipinski definition) is 1. The van der Waals surface area contributed by atoms with Gasteiger partial charge in [-0.3, -0.25) is 0 Å². The molecule has 0 fully saturated rings. The van der Waals surface area contributed by atoms with E-state index in [1.807, 2.05) is 6.07 Å². The smallest absolute Gasteiger partial charge is 0.423 e. The summed E-state index contributed by atoms with van der Waals surface area (Å²) in [5.74, 6) is 0. The van der Waals surface area contributed by atoms with Crippen LogP contribution < -0.4 is 5.46 Å². The van der Waals surface area contributed by atoms with Gasteiger partial charge >= 0.3 is 7.12 Å². The summed E-state index contributed by atoms with van der Waals surface area (Å²) in [5, 5.41) is 9.89. The van der Waals surface area contributed by atoms with Crippen molar-refractivity contribution in [3.8, 4) is 0 Å². The van der Waals surface area contributed by atoms with Crippen LogP contribution in [-0.4, -0.2) is 12.1 Å². The second kappa shape index (κ2) is 2.52. The molecule has 1 heterocycles. The zero-order valence-electron chi connectivity index (χ0n) is 5.75. The van der Waals surface area contributed by atoms with E-state index >= 15 is 0 Å². The van der Waals surface area contributed by atoms with Crippen molar-refractivity contribution in [3.05, 3.63) is 28.8 Å². The molecule has 0 aliphatic carbocycles. The first-order valence-electron chi connectivity index (χ1n) is 3.35. The Hall–Kier alpha value is -0.505. The molecular formula is C7H6BClO2. The first kappa shape index (κ1) is 7.16. The van der Waals surface area contributed by atoms with Gasteiger partial charge in [0.25, 0.3) is 0 Å². The van der Waals surface area contributed by atoms with Crippen LogP contribution in [0.25, 0.3) is 0 Å². The van der Waals surface area contributed by atoms with Crippen LogP contribution in [0.5, 0.6) is 0 Å². The van der Waals surface area contributed by atoms with Crippen LogP contribution in [0.15, 0.2) is 18.2 Å². The van der Waals surface area contributed by atoms with Gasteiger partial charge in [-0.05, 0) is 23.2 Å². The number of benzene rings is 1. The van der Waals surface area contributed by atoms with Crippen LogP contribution in [-0.2, 0) is 11.3 Å². The van der Waals surface area contributed by atoms with Crippen molar-refractivity contribution in [3.63, 3.8) is 0 Å². The molecule has 0 radical (unpaired) electrons. The number of rotatable bonds is 0. The van der Waals surface area contributed by atoms with E-state index in [4.69, 9.17) is 16.3 Å².